The van der Waals surface area contributed by atoms with E-state index in [0.29, 0.717) is 12.5 Å². The van der Waals surface area contributed by atoms with E-state index in [1.807, 2.05) is 30.5 Å². The number of nitrogens with zero attached hydrogens (tertiary/aromatic N) is 1. The summed E-state index contributed by atoms with van der Waals surface area (Å²) in [6.07, 6.45) is 8.45. The van der Waals surface area contributed by atoms with Gasteiger partial charge in [-0.05, 0) is 47.6 Å². The van der Waals surface area contributed by atoms with Gasteiger partial charge in [-0.2, -0.15) is 0 Å². The molecule has 0 aliphatic heterocycles. The van der Waals surface area contributed by atoms with Crippen molar-refractivity contribution in [2.24, 2.45) is 5.16 Å². The normalized spacial score (nSPS) is 15.9. The van der Waals surface area contributed by atoms with Crippen molar-refractivity contribution in [2.45, 2.75) is 44.6 Å². The maximum atomic E-state index is 5.97. The lowest BCUT2D eigenvalue weighted by molar-refractivity contribution is 0.132. The third kappa shape index (κ3) is 4.59. The van der Waals surface area contributed by atoms with Gasteiger partial charge >= 0.3 is 0 Å². The van der Waals surface area contributed by atoms with Gasteiger partial charge in [-0.25, -0.2) is 0 Å². The summed E-state index contributed by atoms with van der Waals surface area (Å²) < 4.78 is 0. The number of rotatable bonds is 5. The topological polar surface area (TPSA) is 21.6 Å². The van der Waals surface area contributed by atoms with Crippen molar-refractivity contribution in [3.05, 3.63) is 70.2 Å². The van der Waals surface area contributed by atoms with E-state index in [1.165, 1.54) is 43.2 Å². The molecule has 1 aliphatic rings. The fourth-order valence-corrected chi connectivity index (χ4v) is 3.46. The molecule has 120 valence electrons. The van der Waals surface area contributed by atoms with Crippen molar-refractivity contribution in [3.8, 4) is 0 Å². The second-order valence-corrected chi connectivity index (χ2v) is 6.54. The molecule has 1 aliphatic carbocycles. The Morgan fingerprint density at radius 1 is 1.04 bits per heavy atom. The molecular formula is C20H22ClNO. The fourth-order valence-electron chi connectivity index (χ4n) is 3.25. The SMILES string of the molecule is Clc1cccc(CON=Cc2ccccc2C2CCCCC2)c1. The van der Waals surface area contributed by atoms with Gasteiger partial charge < -0.3 is 4.84 Å². The van der Waals surface area contributed by atoms with Crippen LogP contribution in [0.3, 0.4) is 0 Å². The zero-order valence-electron chi connectivity index (χ0n) is 13.2. The molecule has 23 heavy (non-hydrogen) atoms. The molecule has 0 saturated heterocycles. The van der Waals surface area contributed by atoms with Gasteiger partial charge in [0.05, 0.1) is 6.21 Å². The molecule has 1 saturated carbocycles. The summed E-state index contributed by atoms with van der Waals surface area (Å²) in [7, 11) is 0. The first-order chi connectivity index (χ1) is 11.3. The van der Waals surface area contributed by atoms with Crippen LogP contribution in [0.15, 0.2) is 53.7 Å². The van der Waals surface area contributed by atoms with Crippen LogP contribution in [0.25, 0.3) is 0 Å². The minimum Gasteiger partial charge on any atom is -0.391 e. The highest BCUT2D eigenvalue weighted by Gasteiger charge is 2.17. The Bertz CT molecular complexity index is 662. The van der Waals surface area contributed by atoms with E-state index < -0.39 is 0 Å². The van der Waals surface area contributed by atoms with E-state index in [9.17, 15) is 0 Å². The number of hydrogen-bond donors (Lipinski definition) is 0. The summed E-state index contributed by atoms with van der Waals surface area (Å²) in [5, 5.41) is 4.87. The van der Waals surface area contributed by atoms with E-state index in [0.717, 1.165) is 10.6 Å². The van der Waals surface area contributed by atoms with Crippen molar-refractivity contribution in [1.82, 2.24) is 0 Å². The number of oxime groups is 1. The second kappa shape index (κ2) is 8.16. The molecule has 0 N–H and O–H groups in total. The minimum absolute atomic E-state index is 0.433. The van der Waals surface area contributed by atoms with E-state index in [1.54, 1.807) is 0 Å². The van der Waals surface area contributed by atoms with E-state index in [4.69, 9.17) is 16.4 Å². The highest BCUT2D eigenvalue weighted by Crippen LogP contribution is 2.33. The summed E-state index contributed by atoms with van der Waals surface area (Å²) in [6.45, 7) is 0.433. The first-order valence-electron chi connectivity index (χ1n) is 8.31. The summed E-state index contributed by atoms with van der Waals surface area (Å²) in [5.41, 5.74) is 3.60. The lowest BCUT2D eigenvalue weighted by atomic mass is 9.82. The maximum absolute atomic E-state index is 5.97. The van der Waals surface area contributed by atoms with Crippen LogP contribution in [0, 0.1) is 0 Å². The highest BCUT2D eigenvalue weighted by atomic mass is 35.5. The van der Waals surface area contributed by atoms with Crippen LogP contribution in [0.4, 0.5) is 0 Å². The van der Waals surface area contributed by atoms with E-state index >= 15 is 0 Å². The molecule has 0 atom stereocenters. The molecule has 0 spiro atoms. The Morgan fingerprint density at radius 2 is 1.87 bits per heavy atom. The second-order valence-electron chi connectivity index (χ2n) is 6.10. The van der Waals surface area contributed by atoms with Crippen molar-refractivity contribution in [2.75, 3.05) is 0 Å². The predicted octanol–water partition coefficient (Wildman–Crippen LogP) is 5.94. The molecule has 2 aromatic carbocycles. The molecule has 3 heteroatoms. The lowest BCUT2D eigenvalue weighted by Crippen LogP contribution is -2.07. The van der Waals surface area contributed by atoms with Crippen molar-refractivity contribution < 1.29 is 4.84 Å². The van der Waals surface area contributed by atoms with Gasteiger partial charge in [0.1, 0.15) is 6.61 Å². The molecule has 3 rings (SSSR count). The van der Waals surface area contributed by atoms with Crippen LogP contribution in [0.5, 0.6) is 0 Å². The van der Waals surface area contributed by atoms with Gasteiger partial charge in [0.2, 0.25) is 0 Å². The monoisotopic (exact) mass is 327 g/mol. The molecule has 1 fully saturated rings. The lowest BCUT2D eigenvalue weighted by Gasteiger charge is -2.23. The minimum atomic E-state index is 0.433. The summed E-state index contributed by atoms with van der Waals surface area (Å²) in [5.74, 6) is 0.666. The maximum Gasteiger partial charge on any atom is 0.142 e. The molecule has 2 nitrogen and oxygen atoms in total. The Labute approximate surface area is 143 Å². The Balaban J connectivity index is 1.63. The fraction of sp³-hybridized carbons (Fsp3) is 0.350. The van der Waals surface area contributed by atoms with Crippen LogP contribution in [-0.2, 0) is 11.4 Å². The summed E-state index contributed by atoms with van der Waals surface area (Å²) in [6, 6.07) is 16.2. The molecule has 0 radical (unpaired) electrons. The van der Waals surface area contributed by atoms with Crippen LogP contribution < -0.4 is 0 Å². The largest absolute Gasteiger partial charge is 0.391 e. The van der Waals surface area contributed by atoms with E-state index in [-0.39, 0.29) is 0 Å². The molecule has 0 bridgehead atoms. The third-order valence-electron chi connectivity index (χ3n) is 4.43. The average molecular weight is 328 g/mol. The van der Waals surface area contributed by atoms with Gasteiger partial charge in [0.15, 0.2) is 0 Å². The third-order valence-corrected chi connectivity index (χ3v) is 4.66. The van der Waals surface area contributed by atoms with Crippen LogP contribution >= 0.6 is 11.6 Å². The van der Waals surface area contributed by atoms with E-state index in [2.05, 4.69) is 29.4 Å². The van der Waals surface area contributed by atoms with Gasteiger partial charge in [-0.15, -0.1) is 0 Å². The quantitative estimate of drug-likeness (QED) is 0.492. The zero-order chi connectivity index (χ0) is 15.9. The summed E-state index contributed by atoms with van der Waals surface area (Å²) >= 11 is 5.97. The van der Waals surface area contributed by atoms with Crippen molar-refractivity contribution in [1.29, 1.82) is 0 Å². The van der Waals surface area contributed by atoms with Crippen LogP contribution in [0.1, 0.15) is 54.7 Å². The Morgan fingerprint density at radius 3 is 2.70 bits per heavy atom. The Hall–Kier alpha value is -1.80. The zero-order valence-corrected chi connectivity index (χ0v) is 14.0. The number of halogens is 1. The molecule has 0 heterocycles. The van der Waals surface area contributed by atoms with Crippen LogP contribution in [0.2, 0.25) is 5.02 Å². The first kappa shape index (κ1) is 16.1. The molecule has 0 unspecified atom stereocenters. The van der Waals surface area contributed by atoms with Gasteiger partial charge in [0.25, 0.3) is 0 Å². The van der Waals surface area contributed by atoms with Crippen LogP contribution in [-0.4, -0.2) is 6.21 Å². The summed E-state index contributed by atoms with van der Waals surface area (Å²) in [4.78, 5) is 5.43. The average Bonchev–Trinajstić information content (AvgIpc) is 2.60. The standard InChI is InChI=1S/C20H22ClNO/c21-19-11-6-7-16(13-19)15-23-22-14-18-10-4-5-12-20(18)17-8-2-1-3-9-17/h4-7,10-14,17H,1-3,8-9,15H2. The smallest absolute Gasteiger partial charge is 0.142 e. The number of benzene rings is 2. The highest BCUT2D eigenvalue weighted by molar-refractivity contribution is 6.30. The molecular weight excluding hydrogens is 306 g/mol. The molecule has 2 aromatic rings. The predicted molar refractivity (Wildman–Crippen MR) is 96.1 cm³/mol. The van der Waals surface area contributed by atoms with Gasteiger partial charge in [0, 0.05) is 5.02 Å². The van der Waals surface area contributed by atoms with Gasteiger partial charge in [-0.1, -0.05) is 72.4 Å². The van der Waals surface area contributed by atoms with Crippen molar-refractivity contribution in [3.63, 3.8) is 0 Å². The molecule has 0 aromatic heterocycles. The van der Waals surface area contributed by atoms with Crippen molar-refractivity contribution >= 4 is 17.8 Å². The van der Waals surface area contributed by atoms with Gasteiger partial charge in [-0.3, -0.25) is 0 Å². The molecule has 0 amide bonds. The number of hydrogen-bond acceptors (Lipinski definition) is 2. The first-order valence-corrected chi connectivity index (χ1v) is 8.69. The Kier molecular flexibility index (Phi) is 5.71.